The summed E-state index contributed by atoms with van der Waals surface area (Å²) in [6.45, 7) is 1.45. The molecule has 0 amide bonds. The average Bonchev–Trinajstić information content (AvgIpc) is 2.82. The Bertz CT molecular complexity index is 220. The van der Waals surface area contributed by atoms with E-state index < -0.39 is 0 Å². The van der Waals surface area contributed by atoms with Crippen LogP contribution in [0, 0.1) is 10.8 Å². The zero-order valence-corrected chi connectivity index (χ0v) is 8.22. The molecule has 0 saturated heterocycles. The zero-order chi connectivity index (χ0) is 8.94. The van der Waals surface area contributed by atoms with E-state index in [1.807, 2.05) is 0 Å². The van der Waals surface area contributed by atoms with Crippen LogP contribution >= 0.6 is 0 Å². The Morgan fingerprint density at radius 3 is 2.31 bits per heavy atom. The molecule has 2 spiro atoms. The van der Waals surface area contributed by atoms with Gasteiger partial charge in [-0.15, -0.1) is 0 Å². The Kier molecular flexibility index (Phi) is 1.58. The van der Waals surface area contributed by atoms with Crippen LogP contribution in [0.25, 0.3) is 0 Å². The van der Waals surface area contributed by atoms with Gasteiger partial charge in [-0.2, -0.15) is 0 Å². The predicted octanol–water partition coefficient (Wildman–Crippen LogP) is 1.68. The molecule has 0 radical (unpaired) electrons. The van der Waals surface area contributed by atoms with Gasteiger partial charge in [0.1, 0.15) is 0 Å². The molecule has 74 valence electrons. The molecule has 2 heteroatoms. The van der Waals surface area contributed by atoms with Gasteiger partial charge in [-0.05, 0) is 43.9 Å². The van der Waals surface area contributed by atoms with Crippen LogP contribution in [0.3, 0.4) is 0 Å². The van der Waals surface area contributed by atoms with Crippen LogP contribution in [0.1, 0.15) is 38.5 Å². The van der Waals surface area contributed by atoms with Crippen molar-refractivity contribution in [2.75, 3.05) is 13.2 Å². The summed E-state index contributed by atoms with van der Waals surface area (Å²) in [4.78, 5) is 0. The third-order valence-electron chi connectivity index (χ3n) is 4.87. The summed E-state index contributed by atoms with van der Waals surface area (Å²) >= 11 is 0. The van der Waals surface area contributed by atoms with Crippen molar-refractivity contribution in [3.8, 4) is 0 Å². The quantitative estimate of drug-likeness (QED) is 0.719. The first-order valence-electron chi connectivity index (χ1n) is 5.65. The number of rotatable bonds is 3. The maximum Gasteiger partial charge on any atom is 0.0637 e. The minimum absolute atomic E-state index is 0.576. The molecule has 2 nitrogen and oxygen atoms in total. The van der Waals surface area contributed by atoms with Crippen LogP contribution in [0.4, 0.5) is 0 Å². The number of nitrogens with two attached hydrogens (primary N) is 1. The number of hydrogen-bond donors (Lipinski definition) is 1. The Morgan fingerprint density at radius 2 is 1.92 bits per heavy atom. The van der Waals surface area contributed by atoms with E-state index in [4.69, 9.17) is 10.5 Å². The van der Waals surface area contributed by atoms with Gasteiger partial charge in [-0.3, -0.25) is 0 Å². The molecular weight excluding hydrogens is 162 g/mol. The second-order valence-corrected chi connectivity index (χ2v) is 5.12. The second-order valence-electron chi connectivity index (χ2n) is 5.12. The Hall–Kier alpha value is -0.0800. The van der Waals surface area contributed by atoms with Crippen molar-refractivity contribution in [1.29, 1.82) is 0 Å². The van der Waals surface area contributed by atoms with Crippen molar-refractivity contribution in [3.63, 3.8) is 0 Å². The lowest BCUT2D eigenvalue weighted by Gasteiger charge is -2.62. The standard InChI is InChI=1S/C11H19NO/c12-7-8-13-9-1-2-11(9)6-5-10(11)3-4-10/h9H,1-8,12H2. The third-order valence-corrected chi connectivity index (χ3v) is 4.87. The van der Waals surface area contributed by atoms with E-state index in [2.05, 4.69) is 0 Å². The SMILES string of the molecule is NCCOC1CCC12CCC21CC1. The third kappa shape index (κ3) is 0.861. The van der Waals surface area contributed by atoms with Crippen LogP contribution in [0.2, 0.25) is 0 Å². The molecule has 13 heavy (non-hydrogen) atoms. The smallest absolute Gasteiger partial charge is 0.0637 e. The molecule has 0 aromatic rings. The molecule has 3 aliphatic carbocycles. The maximum absolute atomic E-state index is 5.84. The molecule has 0 aromatic carbocycles. The van der Waals surface area contributed by atoms with Gasteiger partial charge >= 0.3 is 0 Å². The minimum Gasteiger partial charge on any atom is -0.376 e. The molecule has 3 fully saturated rings. The van der Waals surface area contributed by atoms with E-state index in [-0.39, 0.29) is 0 Å². The van der Waals surface area contributed by atoms with Crippen molar-refractivity contribution < 1.29 is 4.74 Å². The average molecular weight is 181 g/mol. The number of hydrogen-bond acceptors (Lipinski definition) is 2. The van der Waals surface area contributed by atoms with Crippen molar-refractivity contribution in [2.45, 2.75) is 44.6 Å². The van der Waals surface area contributed by atoms with E-state index in [0.717, 1.165) is 12.0 Å². The van der Waals surface area contributed by atoms with Gasteiger partial charge in [0.15, 0.2) is 0 Å². The van der Waals surface area contributed by atoms with Crippen LogP contribution in [-0.4, -0.2) is 19.3 Å². The molecule has 0 aromatic heterocycles. The molecule has 3 rings (SSSR count). The van der Waals surface area contributed by atoms with E-state index >= 15 is 0 Å². The maximum atomic E-state index is 5.84. The Morgan fingerprint density at radius 1 is 1.15 bits per heavy atom. The van der Waals surface area contributed by atoms with Gasteiger partial charge in [0.05, 0.1) is 12.7 Å². The minimum atomic E-state index is 0.576. The van der Waals surface area contributed by atoms with Crippen molar-refractivity contribution in [3.05, 3.63) is 0 Å². The summed E-state index contributed by atoms with van der Waals surface area (Å²) < 4.78 is 5.84. The highest BCUT2D eigenvalue weighted by atomic mass is 16.5. The highest BCUT2D eigenvalue weighted by Crippen LogP contribution is 2.78. The van der Waals surface area contributed by atoms with Crippen LogP contribution in [0.15, 0.2) is 0 Å². The van der Waals surface area contributed by atoms with Crippen LogP contribution in [0.5, 0.6) is 0 Å². The van der Waals surface area contributed by atoms with Gasteiger partial charge < -0.3 is 10.5 Å². The van der Waals surface area contributed by atoms with E-state index in [1.54, 1.807) is 0 Å². The van der Waals surface area contributed by atoms with E-state index in [1.165, 1.54) is 38.5 Å². The number of fused-ring (bicyclic) bond motifs is 1. The molecule has 0 bridgehead atoms. The largest absolute Gasteiger partial charge is 0.376 e. The summed E-state index contributed by atoms with van der Waals surface area (Å²) in [6.07, 6.45) is 9.18. The summed E-state index contributed by atoms with van der Waals surface area (Å²) in [5.41, 5.74) is 6.87. The van der Waals surface area contributed by atoms with Gasteiger partial charge in [-0.1, -0.05) is 0 Å². The monoisotopic (exact) mass is 181 g/mol. The van der Waals surface area contributed by atoms with Crippen molar-refractivity contribution >= 4 is 0 Å². The second kappa shape index (κ2) is 2.48. The molecule has 2 unspecified atom stereocenters. The normalized spacial score (nSPS) is 44.5. The fourth-order valence-corrected chi connectivity index (χ4v) is 3.65. The summed E-state index contributed by atoms with van der Waals surface area (Å²) in [5.74, 6) is 0. The van der Waals surface area contributed by atoms with Gasteiger partial charge in [0.25, 0.3) is 0 Å². The van der Waals surface area contributed by atoms with Crippen molar-refractivity contribution in [1.82, 2.24) is 0 Å². The summed E-state index contributed by atoms with van der Waals surface area (Å²) in [6, 6.07) is 0. The lowest BCUT2D eigenvalue weighted by Crippen LogP contribution is -2.58. The topological polar surface area (TPSA) is 35.2 Å². The van der Waals surface area contributed by atoms with E-state index in [9.17, 15) is 0 Å². The molecule has 3 aliphatic rings. The van der Waals surface area contributed by atoms with E-state index in [0.29, 0.717) is 18.1 Å². The summed E-state index contributed by atoms with van der Waals surface area (Å²) in [7, 11) is 0. The van der Waals surface area contributed by atoms with Gasteiger partial charge in [0.2, 0.25) is 0 Å². The number of ether oxygens (including phenoxy) is 1. The highest BCUT2D eigenvalue weighted by molar-refractivity contribution is 5.21. The molecular formula is C11H19NO. The zero-order valence-electron chi connectivity index (χ0n) is 8.22. The fourth-order valence-electron chi connectivity index (χ4n) is 3.65. The lowest BCUT2D eigenvalue weighted by molar-refractivity contribution is -0.199. The molecule has 2 atom stereocenters. The summed E-state index contributed by atoms with van der Waals surface area (Å²) in [5, 5.41) is 0. The molecule has 2 N–H and O–H groups in total. The van der Waals surface area contributed by atoms with Crippen LogP contribution in [-0.2, 0) is 4.74 Å². The fraction of sp³-hybridized carbons (Fsp3) is 1.00. The van der Waals surface area contributed by atoms with Crippen LogP contribution < -0.4 is 5.73 Å². The first-order valence-corrected chi connectivity index (χ1v) is 5.65. The molecule has 3 saturated carbocycles. The highest BCUT2D eigenvalue weighted by Gasteiger charge is 2.71. The Balaban J connectivity index is 1.65. The Labute approximate surface area is 79.8 Å². The van der Waals surface area contributed by atoms with Gasteiger partial charge in [0, 0.05) is 12.0 Å². The predicted molar refractivity (Wildman–Crippen MR) is 51.4 cm³/mol. The lowest BCUT2D eigenvalue weighted by atomic mass is 9.46. The first kappa shape index (κ1) is 8.25. The molecule has 0 heterocycles. The van der Waals surface area contributed by atoms with Gasteiger partial charge in [-0.25, -0.2) is 0 Å². The molecule has 0 aliphatic heterocycles. The first-order chi connectivity index (χ1) is 6.33. The van der Waals surface area contributed by atoms with Crippen molar-refractivity contribution in [2.24, 2.45) is 16.6 Å².